The summed E-state index contributed by atoms with van der Waals surface area (Å²) in [6, 6.07) is 1.88. The Morgan fingerprint density at radius 3 is 3.00 bits per heavy atom. The fraction of sp³-hybridized carbons (Fsp3) is 0.421. The lowest BCUT2D eigenvalue weighted by atomic mass is 9.89. The molecule has 4 rings (SSSR count). The van der Waals surface area contributed by atoms with Gasteiger partial charge in [-0.2, -0.15) is 0 Å². The van der Waals surface area contributed by atoms with E-state index < -0.39 is 6.10 Å². The topological polar surface area (TPSA) is 72.0 Å². The minimum Gasteiger partial charge on any atom is -0.450 e. The minimum atomic E-state index is -0.612. The van der Waals surface area contributed by atoms with Crippen LogP contribution in [0.25, 0.3) is 10.2 Å². The molecule has 1 aliphatic rings. The Kier molecular flexibility index (Phi) is 4.44. The molecule has 1 aliphatic carbocycles. The van der Waals surface area contributed by atoms with Gasteiger partial charge in [0, 0.05) is 4.88 Å². The zero-order valence-corrected chi connectivity index (χ0v) is 16.6. The van der Waals surface area contributed by atoms with Crippen LogP contribution in [0.1, 0.15) is 57.9 Å². The van der Waals surface area contributed by atoms with Gasteiger partial charge in [0.05, 0.1) is 5.39 Å². The normalized spacial score (nSPS) is 17.9. The number of thiophene rings is 2. The Labute approximate surface area is 159 Å². The molecule has 0 fully saturated rings. The molecular weight excluding hydrogens is 368 g/mol. The van der Waals surface area contributed by atoms with E-state index in [9.17, 15) is 9.59 Å². The Bertz CT molecular complexity index is 1050. The second-order valence-electron chi connectivity index (χ2n) is 6.96. The molecule has 7 heteroatoms. The molecule has 0 aliphatic heterocycles. The van der Waals surface area contributed by atoms with Gasteiger partial charge < -0.3 is 9.72 Å². The first-order valence-corrected chi connectivity index (χ1v) is 10.4. The smallest absolute Gasteiger partial charge is 0.349 e. The summed E-state index contributed by atoms with van der Waals surface area (Å²) in [5.41, 5.74) is 1.92. The number of aromatic nitrogens is 2. The molecule has 0 saturated heterocycles. The molecule has 3 heterocycles. The third-order valence-corrected chi connectivity index (χ3v) is 7.04. The van der Waals surface area contributed by atoms with E-state index in [0.717, 1.165) is 35.2 Å². The number of fused-ring (bicyclic) bond motifs is 3. The van der Waals surface area contributed by atoms with Gasteiger partial charge >= 0.3 is 5.97 Å². The monoisotopic (exact) mass is 388 g/mol. The highest BCUT2D eigenvalue weighted by molar-refractivity contribution is 7.18. The Hall–Kier alpha value is -1.99. The number of esters is 1. The zero-order valence-electron chi connectivity index (χ0n) is 14.9. The quantitative estimate of drug-likeness (QED) is 0.675. The van der Waals surface area contributed by atoms with Gasteiger partial charge in [0.25, 0.3) is 5.56 Å². The minimum absolute atomic E-state index is 0.132. The molecule has 0 amide bonds. The lowest BCUT2D eigenvalue weighted by Crippen LogP contribution is -2.18. The van der Waals surface area contributed by atoms with E-state index >= 15 is 0 Å². The van der Waals surface area contributed by atoms with Crippen molar-refractivity contribution < 1.29 is 9.53 Å². The van der Waals surface area contributed by atoms with Crippen LogP contribution >= 0.6 is 22.7 Å². The third kappa shape index (κ3) is 2.99. The van der Waals surface area contributed by atoms with Gasteiger partial charge in [0.15, 0.2) is 11.9 Å². The number of carbonyl (C=O) groups excluding carboxylic acids is 1. The first-order chi connectivity index (χ1) is 12.4. The third-order valence-electron chi connectivity index (χ3n) is 4.90. The van der Waals surface area contributed by atoms with Gasteiger partial charge in [-0.05, 0) is 61.6 Å². The van der Waals surface area contributed by atoms with E-state index in [1.165, 1.54) is 16.2 Å². The molecule has 3 aromatic rings. The van der Waals surface area contributed by atoms with Gasteiger partial charge in [-0.3, -0.25) is 4.79 Å². The predicted octanol–water partition coefficient (Wildman–Crippen LogP) is 4.40. The average Bonchev–Trinajstić information content (AvgIpc) is 3.17. The highest BCUT2D eigenvalue weighted by Crippen LogP contribution is 2.36. The number of nitrogens with one attached hydrogen (secondary N) is 1. The molecule has 136 valence electrons. The molecular formula is C19H20N2O3S2. The predicted molar refractivity (Wildman–Crippen MR) is 104 cm³/mol. The van der Waals surface area contributed by atoms with Crippen LogP contribution in [0.15, 0.2) is 16.2 Å². The molecule has 0 spiro atoms. The largest absolute Gasteiger partial charge is 0.450 e. The van der Waals surface area contributed by atoms with E-state index in [0.29, 0.717) is 22.0 Å². The Balaban J connectivity index is 1.66. The van der Waals surface area contributed by atoms with Crippen molar-refractivity contribution in [3.63, 3.8) is 0 Å². The van der Waals surface area contributed by atoms with Crippen molar-refractivity contribution in [2.75, 3.05) is 0 Å². The Morgan fingerprint density at radius 1 is 1.46 bits per heavy atom. The summed E-state index contributed by atoms with van der Waals surface area (Å²) >= 11 is 2.95. The summed E-state index contributed by atoms with van der Waals surface area (Å²) < 4.78 is 5.53. The number of ether oxygens (including phenoxy) is 1. The lowest BCUT2D eigenvalue weighted by molar-refractivity contribution is 0.0325. The summed E-state index contributed by atoms with van der Waals surface area (Å²) in [5.74, 6) is 0.659. The average molecular weight is 389 g/mol. The summed E-state index contributed by atoms with van der Waals surface area (Å²) in [4.78, 5) is 35.0. The van der Waals surface area contributed by atoms with Crippen molar-refractivity contribution in [3.05, 3.63) is 48.5 Å². The lowest BCUT2D eigenvalue weighted by Gasteiger charge is -2.17. The number of hydrogen-bond donors (Lipinski definition) is 1. The number of rotatable bonds is 3. The Morgan fingerprint density at radius 2 is 2.27 bits per heavy atom. The number of carbonyl (C=O) groups is 1. The number of nitrogens with zero attached hydrogens (tertiary/aromatic N) is 1. The van der Waals surface area contributed by atoms with Crippen molar-refractivity contribution >= 4 is 38.9 Å². The van der Waals surface area contributed by atoms with E-state index in [1.807, 2.05) is 18.4 Å². The standard InChI is InChI=1S/C19H20N2O3S2/c1-9-4-5-12-13(8-9)26-18-14(12)17(22)20-16(21-18)11(3)24-19(23)15-10(2)6-7-25-15/h6-7,9,11H,4-5,8H2,1-3H3,(H,20,21,22)/t9-,11+/m0/s1. The molecule has 0 saturated carbocycles. The van der Waals surface area contributed by atoms with E-state index in [2.05, 4.69) is 16.9 Å². The van der Waals surface area contributed by atoms with Gasteiger partial charge in [-0.25, -0.2) is 9.78 Å². The van der Waals surface area contributed by atoms with Crippen LogP contribution in [0, 0.1) is 12.8 Å². The van der Waals surface area contributed by atoms with Crippen molar-refractivity contribution in [1.82, 2.24) is 9.97 Å². The van der Waals surface area contributed by atoms with E-state index in [4.69, 9.17) is 4.74 Å². The molecule has 2 atom stereocenters. The van der Waals surface area contributed by atoms with Gasteiger partial charge in [0.1, 0.15) is 9.71 Å². The SMILES string of the molecule is Cc1ccsc1C(=O)O[C@H](C)c1nc2sc3c(c2c(=O)[nH]1)CC[C@H](C)C3. The van der Waals surface area contributed by atoms with Crippen molar-refractivity contribution in [2.45, 2.75) is 46.1 Å². The fourth-order valence-corrected chi connectivity index (χ4v) is 5.61. The molecule has 1 N–H and O–H groups in total. The maximum Gasteiger partial charge on any atom is 0.349 e. The van der Waals surface area contributed by atoms with E-state index in [1.54, 1.807) is 18.3 Å². The molecule has 0 radical (unpaired) electrons. The van der Waals surface area contributed by atoms with Crippen molar-refractivity contribution in [3.8, 4) is 0 Å². The summed E-state index contributed by atoms with van der Waals surface area (Å²) in [6.45, 7) is 5.85. The van der Waals surface area contributed by atoms with Crippen molar-refractivity contribution in [2.24, 2.45) is 5.92 Å². The number of hydrogen-bond acceptors (Lipinski definition) is 6. The van der Waals surface area contributed by atoms with Crippen LogP contribution in [0.5, 0.6) is 0 Å². The highest BCUT2D eigenvalue weighted by Gasteiger charge is 2.25. The van der Waals surface area contributed by atoms with Gasteiger partial charge in [-0.15, -0.1) is 22.7 Å². The number of aromatic amines is 1. The van der Waals surface area contributed by atoms with Gasteiger partial charge in [0.2, 0.25) is 0 Å². The summed E-state index contributed by atoms with van der Waals surface area (Å²) in [6.07, 6.45) is 2.43. The molecule has 5 nitrogen and oxygen atoms in total. The summed E-state index contributed by atoms with van der Waals surface area (Å²) in [5, 5.41) is 2.58. The van der Waals surface area contributed by atoms with E-state index in [-0.39, 0.29) is 11.5 Å². The highest BCUT2D eigenvalue weighted by atomic mass is 32.1. The number of H-pyrrole nitrogens is 1. The summed E-state index contributed by atoms with van der Waals surface area (Å²) in [7, 11) is 0. The van der Waals surface area contributed by atoms with Crippen LogP contribution in [0.3, 0.4) is 0 Å². The van der Waals surface area contributed by atoms with Crippen LogP contribution in [-0.4, -0.2) is 15.9 Å². The second-order valence-corrected chi connectivity index (χ2v) is 8.96. The zero-order chi connectivity index (χ0) is 18.4. The molecule has 26 heavy (non-hydrogen) atoms. The first-order valence-electron chi connectivity index (χ1n) is 8.73. The van der Waals surface area contributed by atoms with Crippen LogP contribution in [-0.2, 0) is 17.6 Å². The maximum atomic E-state index is 12.7. The van der Waals surface area contributed by atoms with Crippen LogP contribution < -0.4 is 5.56 Å². The van der Waals surface area contributed by atoms with Gasteiger partial charge in [-0.1, -0.05) is 6.92 Å². The number of aryl methyl sites for hydroxylation is 2. The van der Waals surface area contributed by atoms with Crippen molar-refractivity contribution in [1.29, 1.82) is 0 Å². The van der Waals surface area contributed by atoms with Crippen LogP contribution in [0.4, 0.5) is 0 Å². The molecule has 0 unspecified atom stereocenters. The molecule has 0 bridgehead atoms. The fourth-order valence-electron chi connectivity index (χ4n) is 3.41. The van der Waals surface area contributed by atoms with Crippen LogP contribution in [0.2, 0.25) is 0 Å². The second kappa shape index (κ2) is 6.63. The molecule has 3 aromatic heterocycles. The first kappa shape index (κ1) is 17.4. The molecule has 0 aromatic carbocycles. The maximum absolute atomic E-state index is 12.7.